The lowest BCUT2D eigenvalue weighted by Crippen LogP contribution is -2.47. The van der Waals surface area contributed by atoms with Crippen LogP contribution in [0.3, 0.4) is 0 Å². The summed E-state index contributed by atoms with van der Waals surface area (Å²) in [5.74, 6) is -1.62. The van der Waals surface area contributed by atoms with Gasteiger partial charge in [-0.1, -0.05) is 20.3 Å². The summed E-state index contributed by atoms with van der Waals surface area (Å²) in [5, 5.41) is 0. The van der Waals surface area contributed by atoms with Crippen molar-refractivity contribution >= 4 is 17.8 Å². The molecule has 6 heteroatoms. The molecule has 0 aromatic rings. The first-order valence-corrected chi connectivity index (χ1v) is 5.79. The Morgan fingerprint density at radius 2 is 1.72 bits per heavy atom. The van der Waals surface area contributed by atoms with Gasteiger partial charge < -0.3 is 14.4 Å². The lowest BCUT2D eigenvalue weighted by Gasteiger charge is -2.30. The Bertz CT molecular complexity index is 316. The number of carbonyl (C=O) groups excluding carboxylic acids is 3. The molecule has 0 saturated heterocycles. The number of likely N-dealkylation sites (N-methyl/N-ethyl adjacent to an activating group) is 1. The Morgan fingerprint density at radius 1 is 1.17 bits per heavy atom. The molecule has 0 aliphatic carbocycles. The Kier molecular flexibility index (Phi) is 7.00. The molecule has 0 bridgehead atoms. The summed E-state index contributed by atoms with van der Waals surface area (Å²) in [4.78, 5) is 35.8. The first-order valence-electron chi connectivity index (χ1n) is 5.79. The summed E-state index contributed by atoms with van der Waals surface area (Å²) >= 11 is 0. The van der Waals surface area contributed by atoms with E-state index in [1.807, 2.05) is 13.8 Å². The quantitative estimate of drug-likeness (QED) is 0.516. The second-order valence-electron chi connectivity index (χ2n) is 4.11. The van der Waals surface area contributed by atoms with Crippen molar-refractivity contribution in [1.29, 1.82) is 0 Å². The van der Waals surface area contributed by atoms with E-state index in [0.29, 0.717) is 0 Å². The van der Waals surface area contributed by atoms with Gasteiger partial charge in [0, 0.05) is 7.05 Å². The van der Waals surface area contributed by atoms with Crippen LogP contribution >= 0.6 is 0 Å². The number of hydrogen-bond acceptors (Lipinski definition) is 5. The third-order valence-electron chi connectivity index (χ3n) is 2.96. The lowest BCUT2D eigenvalue weighted by molar-refractivity contribution is -0.157. The maximum atomic E-state index is 11.8. The highest BCUT2D eigenvalue weighted by molar-refractivity contribution is 5.96. The highest BCUT2D eigenvalue weighted by atomic mass is 16.5. The molecule has 18 heavy (non-hydrogen) atoms. The standard InChI is InChI=1S/C12H21NO5/c1-6-8(2)11(12(16)18-5)13(3)9(14)7-10(15)17-4/h8,11H,6-7H2,1-5H3/t8-,11-/m0/s1. The van der Waals surface area contributed by atoms with E-state index in [9.17, 15) is 14.4 Å². The molecule has 0 aromatic carbocycles. The number of nitrogens with zero attached hydrogens (tertiary/aromatic N) is 1. The minimum Gasteiger partial charge on any atom is -0.469 e. The van der Waals surface area contributed by atoms with E-state index in [1.54, 1.807) is 0 Å². The average Bonchev–Trinajstić information content (AvgIpc) is 2.37. The summed E-state index contributed by atoms with van der Waals surface area (Å²) in [6, 6.07) is -0.683. The van der Waals surface area contributed by atoms with Crippen LogP contribution < -0.4 is 0 Å². The van der Waals surface area contributed by atoms with Crippen LogP contribution in [0.25, 0.3) is 0 Å². The minimum atomic E-state index is -0.683. The largest absolute Gasteiger partial charge is 0.469 e. The van der Waals surface area contributed by atoms with Crippen molar-refractivity contribution < 1.29 is 23.9 Å². The molecule has 0 rings (SSSR count). The fourth-order valence-electron chi connectivity index (χ4n) is 1.59. The molecular formula is C12H21NO5. The highest BCUT2D eigenvalue weighted by Crippen LogP contribution is 2.16. The van der Waals surface area contributed by atoms with Crippen LogP contribution in [0.2, 0.25) is 0 Å². The Labute approximate surface area is 107 Å². The Morgan fingerprint density at radius 3 is 2.11 bits per heavy atom. The number of hydrogen-bond donors (Lipinski definition) is 0. The van der Waals surface area contributed by atoms with E-state index in [2.05, 4.69) is 9.47 Å². The summed E-state index contributed by atoms with van der Waals surface area (Å²) in [5.41, 5.74) is 0. The molecule has 0 aliphatic heterocycles. The van der Waals surface area contributed by atoms with Gasteiger partial charge in [0.05, 0.1) is 14.2 Å². The molecule has 6 nitrogen and oxygen atoms in total. The van der Waals surface area contributed by atoms with Crippen molar-refractivity contribution in [1.82, 2.24) is 4.90 Å². The van der Waals surface area contributed by atoms with Gasteiger partial charge in [0.25, 0.3) is 0 Å². The predicted molar refractivity (Wildman–Crippen MR) is 64.7 cm³/mol. The smallest absolute Gasteiger partial charge is 0.328 e. The predicted octanol–water partition coefficient (Wildman–Crippen LogP) is 0.596. The third kappa shape index (κ3) is 4.35. The van der Waals surface area contributed by atoms with Crippen LogP contribution in [0, 0.1) is 5.92 Å². The van der Waals surface area contributed by atoms with Gasteiger partial charge in [0.15, 0.2) is 0 Å². The van der Waals surface area contributed by atoms with Crippen molar-refractivity contribution in [2.75, 3.05) is 21.3 Å². The first kappa shape index (κ1) is 16.4. The van der Waals surface area contributed by atoms with E-state index in [-0.39, 0.29) is 12.3 Å². The van der Waals surface area contributed by atoms with Crippen LogP contribution in [0.15, 0.2) is 0 Å². The second-order valence-corrected chi connectivity index (χ2v) is 4.11. The van der Waals surface area contributed by atoms with Crippen LogP contribution in [0.4, 0.5) is 0 Å². The van der Waals surface area contributed by atoms with Gasteiger partial charge in [-0.25, -0.2) is 4.79 Å². The second kappa shape index (κ2) is 7.68. The lowest BCUT2D eigenvalue weighted by atomic mass is 9.97. The molecule has 0 fully saturated rings. The van der Waals surface area contributed by atoms with Crippen molar-refractivity contribution in [3.8, 4) is 0 Å². The van der Waals surface area contributed by atoms with Crippen LogP contribution in [0.5, 0.6) is 0 Å². The molecule has 0 radical (unpaired) electrons. The number of esters is 2. The molecule has 2 atom stereocenters. The monoisotopic (exact) mass is 259 g/mol. The first-order chi connectivity index (χ1) is 8.38. The molecule has 1 amide bonds. The Balaban J connectivity index is 4.84. The molecule has 0 unspecified atom stereocenters. The van der Waals surface area contributed by atoms with Crippen LogP contribution in [-0.2, 0) is 23.9 Å². The molecular weight excluding hydrogens is 238 g/mol. The summed E-state index contributed by atoms with van der Waals surface area (Å²) in [6.45, 7) is 3.77. The number of ether oxygens (including phenoxy) is 2. The zero-order chi connectivity index (χ0) is 14.3. The molecule has 104 valence electrons. The van der Waals surface area contributed by atoms with Gasteiger partial charge in [-0.2, -0.15) is 0 Å². The summed E-state index contributed by atoms with van der Waals surface area (Å²) in [7, 11) is 3.97. The zero-order valence-electron chi connectivity index (χ0n) is 11.6. The van der Waals surface area contributed by atoms with Crippen molar-refractivity contribution in [3.63, 3.8) is 0 Å². The summed E-state index contributed by atoms with van der Waals surface area (Å²) < 4.78 is 9.11. The SMILES string of the molecule is CC[C@H](C)[C@@H](C(=O)OC)N(C)C(=O)CC(=O)OC. The van der Waals surface area contributed by atoms with Crippen molar-refractivity contribution in [3.05, 3.63) is 0 Å². The van der Waals surface area contributed by atoms with Gasteiger partial charge in [0.1, 0.15) is 12.5 Å². The van der Waals surface area contributed by atoms with E-state index in [4.69, 9.17) is 0 Å². The van der Waals surface area contributed by atoms with Gasteiger partial charge >= 0.3 is 11.9 Å². The fraction of sp³-hybridized carbons (Fsp3) is 0.750. The number of amides is 1. The topological polar surface area (TPSA) is 72.9 Å². The number of methoxy groups -OCH3 is 2. The van der Waals surface area contributed by atoms with Crippen LogP contribution in [-0.4, -0.2) is 50.1 Å². The normalized spacial score (nSPS) is 13.4. The zero-order valence-corrected chi connectivity index (χ0v) is 11.6. The van der Waals surface area contributed by atoms with Gasteiger partial charge in [-0.3, -0.25) is 9.59 Å². The fourth-order valence-corrected chi connectivity index (χ4v) is 1.59. The minimum absolute atomic E-state index is 0.0518. The average molecular weight is 259 g/mol. The molecule has 0 spiro atoms. The van der Waals surface area contributed by atoms with Gasteiger partial charge in [0.2, 0.25) is 5.91 Å². The third-order valence-corrected chi connectivity index (χ3v) is 2.96. The van der Waals surface area contributed by atoms with E-state index in [0.717, 1.165) is 6.42 Å². The maximum absolute atomic E-state index is 11.8. The van der Waals surface area contributed by atoms with Crippen molar-refractivity contribution in [2.24, 2.45) is 5.92 Å². The molecule has 0 heterocycles. The maximum Gasteiger partial charge on any atom is 0.328 e. The van der Waals surface area contributed by atoms with E-state index >= 15 is 0 Å². The number of rotatable bonds is 6. The molecule has 0 aromatic heterocycles. The van der Waals surface area contributed by atoms with Gasteiger partial charge in [-0.05, 0) is 5.92 Å². The van der Waals surface area contributed by atoms with Gasteiger partial charge in [-0.15, -0.1) is 0 Å². The highest BCUT2D eigenvalue weighted by Gasteiger charge is 2.32. The Hall–Kier alpha value is -1.59. The molecule has 0 aliphatic rings. The van der Waals surface area contributed by atoms with E-state index in [1.165, 1.54) is 26.2 Å². The molecule has 0 N–H and O–H groups in total. The van der Waals surface area contributed by atoms with Crippen LogP contribution in [0.1, 0.15) is 26.7 Å². The number of carbonyl (C=O) groups is 3. The summed E-state index contributed by atoms with van der Waals surface area (Å²) in [6.07, 6.45) is 0.340. The van der Waals surface area contributed by atoms with Crippen molar-refractivity contribution in [2.45, 2.75) is 32.7 Å². The van der Waals surface area contributed by atoms with E-state index < -0.39 is 23.9 Å². The molecule has 0 saturated carbocycles.